The van der Waals surface area contributed by atoms with Crippen LogP contribution in [0, 0.1) is 0 Å². The molecule has 1 aliphatic rings. The summed E-state index contributed by atoms with van der Waals surface area (Å²) >= 11 is 4.85. The minimum Gasteiger partial charge on any atom is -0.389 e. The Morgan fingerprint density at radius 1 is 1.48 bits per heavy atom. The topological polar surface area (TPSA) is 58.4 Å². The van der Waals surface area contributed by atoms with E-state index in [4.69, 9.17) is 18.0 Å². The first-order valence-corrected chi connectivity index (χ1v) is 6.68. The summed E-state index contributed by atoms with van der Waals surface area (Å²) in [6.45, 7) is 2.57. The molecular weight excluding hydrogens is 303 g/mol. The molecular formula is C13H14F3N3OS. The Hall–Kier alpha value is -1.83. The quantitative estimate of drug-likeness (QED) is 0.815. The van der Waals surface area contributed by atoms with Gasteiger partial charge in [-0.05, 0) is 25.1 Å². The Balaban J connectivity index is 2.48. The van der Waals surface area contributed by atoms with Crippen molar-refractivity contribution in [3.63, 3.8) is 0 Å². The van der Waals surface area contributed by atoms with Gasteiger partial charge in [-0.3, -0.25) is 4.79 Å². The normalized spacial score (nSPS) is 19.3. The summed E-state index contributed by atoms with van der Waals surface area (Å²) in [4.78, 5) is 13.3. The molecule has 1 fully saturated rings. The smallest absolute Gasteiger partial charge is 0.389 e. The summed E-state index contributed by atoms with van der Waals surface area (Å²) in [5.74, 6) is -0.185. The van der Waals surface area contributed by atoms with Crippen molar-refractivity contribution in [1.82, 2.24) is 5.32 Å². The van der Waals surface area contributed by atoms with Gasteiger partial charge < -0.3 is 16.0 Å². The molecule has 1 atom stereocenters. The standard InChI is InChI=1S/C13H14F3N3OS/c1-7-12(20)18-4-5-19(7)10-3-2-8(13(14,15)16)6-9(10)11(17)21/h2-3,6-7H,4-5H2,1H3,(H2,17,21)(H,18,20). The maximum atomic E-state index is 12.8. The van der Waals surface area contributed by atoms with Crippen LogP contribution in [0.3, 0.4) is 0 Å². The molecule has 1 saturated heterocycles. The SMILES string of the molecule is CC1C(=O)NCCN1c1ccc(C(F)(F)F)cc1C(N)=S. The van der Waals surface area contributed by atoms with Gasteiger partial charge in [0.25, 0.3) is 0 Å². The summed E-state index contributed by atoms with van der Waals surface area (Å²) in [6.07, 6.45) is -4.47. The fraction of sp³-hybridized carbons (Fsp3) is 0.385. The Labute approximate surface area is 125 Å². The van der Waals surface area contributed by atoms with E-state index in [0.717, 1.165) is 12.1 Å². The highest BCUT2D eigenvalue weighted by Gasteiger charge is 2.33. The van der Waals surface area contributed by atoms with Crippen LogP contribution in [0.5, 0.6) is 0 Å². The minimum absolute atomic E-state index is 0.126. The lowest BCUT2D eigenvalue weighted by atomic mass is 10.0. The number of alkyl halides is 3. The predicted molar refractivity (Wildman–Crippen MR) is 77.1 cm³/mol. The van der Waals surface area contributed by atoms with Crippen molar-refractivity contribution in [2.45, 2.75) is 19.1 Å². The molecule has 1 aliphatic heterocycles. The molecule has 114 valence electrons. The van der Waals surface area contributed by atoms with E-state index >= 15 is 0 Å². The monoisotopic (exact) mass is 317 g/mol. The van der Waals surface area contributed by atoms with Crippen LogP contribution < -0.4 is 16.0 Å². The number of hydrogen-bond donors (Lipinski definition) is 2. The molecule has 8 heteroatoms. The second-order valence-corrected chi connectivity index (χ2v) is 5.19. The molecule has 0 bridgehead atoms. The van der Waals surface area contributed by atoms with Crippen molar-refractivity contribution in [1.29, 1.82) is 0 Å². The second kappa shape index (κ2) is 5.51. The van der Waals surface area contributed by atoms with Crippen LogP contribution >= 0.6 is 12.2 Å². The van der Waals surface area contributed by atoms with Gasteiger partial charge in [0.15, 0.2) is 0 Å². The maximum absolute atomic E-state index is 12.8. The molecule has 0 aliphatic carbocycles. The summed E-state index contributed by atoms with van der Waals surface area (Å²) in [5, 5.41) is 2.69. The molecule has 21 heavy (non-hydrogen) atoms. The zero-order valence-corrected chi connectivity index (χ0v) is 12.0. The van der Waals surface area contributed by atoms with Gasteiger partial charge in [-0.2, -0.15) is 13.2 Å². The highest BCUT2D eigenvalue weighted by atomic mass is 32.1. The van der Waals surface area contributed by atoms with Crippen LogP contribution in [0.4, 0.5) is 18.9 Å². The Morgan fingerprint density at radius 2 is 2.14 bits per heavy atom. The van der Waals surface area contributed by atoms with E-state index in [1.54, 1.807) is 11.8 Å². The lowest BCUT2D eigenvalue weighted by molar-refractivity contribution is -0.137. The third-order valence-electron chi connectivity index (χ3n) is 3.40. The first-order chi connectivity index (χ1) is 9.71. The van der Waals surface area contributed by atoms with Crippen molar-refractivity contribution in [3.8, 4) is 0 Å². The van der Waals surface area contributed by atoms with E-state index < -0.39 is 17.8 Å². The zero-order chi connectivity index (χ0) is 15.8. The fourth-order valence-electron chi connectivity index (χ4n) is 2.27. The van der Waals surface area contributed by atoms with Gasteiger partial charge in [0.1, 0.15) is 11.0 Å². The Morgan fingerprint density at radius 3 is 2.71 bits per heavy atom. The van der Waals surface area contributed by atoms with E-state index in [-0.39, 0.29) is 16.5 Å². The molecule has 1 heterocycles. The van der Waals surface area contributed by atoms with Crippen LogP contribution in [0.1, 0.15) is 18.1 Å². The van der Waals surface area contributed by atoms with E-state index in [9.17, 15) is 18.0 Å². The van der Waals surface area contributed by atoms with Crippen molar-refractivity contribution < 1.29 is 18.0 Å². The third kappa shape index (κ3) is 3.10. The number of nitrogens with zero attached hydrogens (tertiary/aromatic N) is 1. The molecule has 3 N–H and O–H groups in total. The molecule has 0 spiro atoms. The van der Waals surface area contributed by atoms with Crippen molar-refractivity contribution in [2.75, 3.05) is 18.0 Å². The predicted octanol–water partition coefficient (Wildman–Crippen LogP) is 1.66. The zero-order valence-electron chi connectivity index (χ0n) is 11.2. The highest BCUT2D eigenvalue weighted by molar-refractivity contribution is 7.80. The Kier molecular flexibility index (Phi) is 4.08. The number of hydrogen-bond acceptors (Lipinski definition) is 3. The summed E-state index contributed by atoms with van der Waals surface area (Å²) < 4.78 is 38.3. The number of carbonyl (C=O) groups is 1. The fourth-order valence-corrected chi connectivity index (χ4v) is 2.44. The number of nitrogens with two attached hydrogens (primary N) is 1. The van der Waals surface area contributed by atoms with Crippen LogP contribution in [0.25, 0.3) is 0 Å². The molecule has 1 unspecified atom stereocenters. The molecule has 2 rings (SSSR count). The van der Waals surface area contributed by atoms with Gasteiger partial charge in [0.05, 0.1) is 5.56 Å². The molecule has 1 aromatic carbocycles. The summed E-state index contributed by atoms with van der Waals surface area (Å²) in [6, 6.07) is 2.71. The van der Waals surface area contributed by atoms with Crippen molar-refractivity contribution >= 4 is 28.8 Å². The maximum Gasteiger partial charge on any atom is 0.416 e. The van der Waals surface area contributed by atoms with E-state index in [1.807, 2.05) is 0 Å². The number of carbonyl (C=O) groups excluding carboxylic acids is 1. The van der Waals surface area contributed by atoms with Crippen molar-refractivity contribution in [2.24, 2.45) is 5.73 Å². The number of halogens is 3. The number of rotatable bonds is 2. The number of anilines is 1. The number of nitrogens with one attached hydrogen (secondary N) is 1. The number of benzene rings is 1. The van der Waals surface area contributed by atoms with E-state index in [0.29, 0.717) is 18.8 Å². The molecule has 1 amide bonds. The average Bonchev–Trinajstić information content (AvgIpc) is 2.40. The lowest BCUT2D eigenvalue weighted by Crippen LogP contribution is -2.54. The van der Waals surface area contributed by atoms with E-state index in [2.05, 4.69) is 5.32 Å². The van der Waals surface area contributed by atoms with Crippen LogP contribution in [0.15, 0.2) is 18.2 Å². The molecule has 0 saturated carbocycles. The van der Waals surface area contributed by atoms with Crippen LogP contribution in [0.2, 0.25) is 0 Å². The molecule has 1 aromatic rings. The minimum atomic E-state index is -4.47. The number of amides is 1. The van der Waals surface area contributed by atoms with Crippen LogP contribution in [-0.2, 0) is 11.0 Å². The van der Waals surface area contributed by atoms with E-state index in [1.165, 1.54) is 6.07 Å². The summed E-state index contributed by atoms with van der Waals surface area (Å²) in [5.41, 5.74) is 5.30. The average molecular weight is 317 g/mol. The molecule has 4 nitrogen and oxygen atoms in total. The molecule has 0 radical (unpaired) electrons. The first kappa shape index (κ1) is 15.6. The largest absolute Gasteiger partial charge is 0.416 e. The third-order valence-corrected chi connectivity index (χ3v) is 3.62. The van der Waals surface area contributed by atoms with Gasteiger partial charge in [-0.15, -0.1) is 0 Å². The first-order valence-electron chi connectivity index (χ1n) is 6.27. The van der Waals surface area contributed by atoms with Gasteiger partial charge in [0, 0.05) is 24.3 Å². The van der Waals surface area contributed by atoms with Crippen molar-refractivity contribution in [3.05, 3.63) is 29.3 Å². The van der Waals surface area contributed by atoms with Crippen LogP contribution in [-0.4, -0.2) is 30.0 Å². The van der Waals surface area contributed by atoms with Gasteiger partial charge >= 0.3 is 6.18 Å². The highest BCUT2D eigenvalue weighted by Crippen LogP contribution is 2.33. The van der Waals surface area contributed by atoms with Gasteiger partial charge in [-0.1, -0.05) is 12.2 Å². The number of thiocarbonyl (C=S) groups is 1. The lowest BCUT2D eigenvalue weighted by Gasteiger charge is -2.36. The molecule has 0 aromatic heterocycles. The number of piperazine rings is 1. The summed E-state index contributed by atoms with van der Waals surface area (Å²) in [7, 11) is 0. The Bertz CT molecular complexity index is 589. The second-order valence-electron chi connectivity index (χ2n) is 4.75. The van der Waals surface area contributed by atoms with Gasteiger partial charge in [-0.25, -0.2) is 0 Å². The van der Waals surface area contributed by atoms with Gasteiger partial charge in [0.2, 0.25) is 5.91 Å².